The SMILES string of the molecule is CCn1cnc2c(NCc3ccccc3N)nc(NC(C)C(C)(C)O)nc21. The summed E-state index contributed by atoms with van der Waals surface area (Å²) >= 11 is 0. The third kappa shape index (κ3) is 4.11. The summed E-state index contributed by atoms with van der Waals surface area (Å²) in [4.78, 5) is 13.6. The molecule has 8 heteroatoms. The van der Waals surface area contributed by atoms with Gasteiger partial charge in [-0.25, -0.2) is 4.98 Å². The van der Waals surface area contributed by atoms with Crippen molar-refractivity contribution >= 4 is 28.6 Å². The number of anilines is 3. The van der Waals surface area contributed by atoms with Crippen molar-refractivity contribution in [1.82, 2.24) is 19.5 Å². The van der Waals surface area contributed by atoms with Crippen LogP contribution in [0.3, 0.4) is 0 Å². The van der Waals surface area contributed by atoms with E-state index in [2.05, 4.69) is 25.6 Å². The van der Waals surface area contributed by atoms with Crippen molar-refractivity contribution in [3.05, 3.63) is 36.2 Å². The maximum Gasteiger partial charge on any atom is 0.227 e. The monoisotopic (exact) mass is 369 g/mol. The van der Waals surface area contributed by atoms with Crippen molar-refractivity contribution < 1.29 is 5.11 Å². The Kier molecular flexibility index (Phi) is 5.18. The number of nitrogen functional groups attached to an aromatic ring is 1. The predicted molar refractivity (Wildman–Crippen MR) is 109 cm³/mol. The van der Waals surface area contributed by atoms with E-state index in [0.717, 1.165) is 23.4 Å². The Morgan fingerprint density at radius 2 is 2.00 bits per heavy atom. The maximum atomic E-state index is 10.2. The standard InChI is InChI=1S/C19H27N7O/c1-5-26-11-22-15-16(21-10-13-8-6-7-9-14(13)20)24-18(25-17(15)26)23-12(2)19(3,4)27/h6-9,11-12,27H,5,10,20H2,1-4H3,(H2,21,23,24,25). The van der Waals surface area contributed by atoms with Crippen LogP contribution >= 0.6 is 0 Å². The number of fused-ring (bicyclic) bond motifs is 1. The number of rotatable bonds is 7. The van der Waals surface area contributed by atoms with Gasteiger partial charge in [-0.2, -0.15) is 9.97 Å². The Labute approximate surface area is 158 Å². The van der Waals surface area contributed by atoms with Gasteiger partial charge in [-0.3, -0.25) is 0 Å². The summed E-state index contributed by atoms with van der Waals surface area (Å²) in [5.74, 6) is 1.07. The molecule has 0 radical (unpaired) electrons. The molecule has 2 heterocycles. The van der Waals surface area contributed by atoms with Gasteiger partial charge in [0.05, 0.1) is 18.0 Å². The number of aryl methyl sites for hydroxylation is 1. The molecule has 3 aromatic rings. The molecule has 3 rings (SSSR count). The fourth-order valence-corrected chi connectivity index (χ4v) is 2.61. The summed E-state index contributed by atoms with van der Waals surface area (Å²) in [6.07, 6.45) is 1.75. The number of imidazole rings is 1. The zero-order valence-electron chi connectivity index (χ0n) is 16.2. The lowest BCUT2D eigenvalue weighted by Crippen LogP contribution is -2.39. The topological polar surface area (TPSA) is 114 Å². The van der Waals surface area contributed by atoms with Crippen LogP contribution < -0.4 is 16.4 Å². The van der Waals surface area contributed by atoms with Gasteiger partial charge >= 0.3 is 0 Å². The van der Waals surface area contributed by atoms with Crippen molar-refractivity contribution in [2.75, 3.05) is 16.4 Å². The highest BCUT2D eigenvalue weighted by Gasteiger charge is 2.24. The Hall–Kier alpha value is -2.87. The van der Waals surface area contributed by atoms with Crippen LogP contribution in [0.5, 0.6) is 0 Å². The van der Waals surface area contributed by atoms with E-state index in [1.54, 1.807) is 20.2 Å². The summed E-state index contributed by atoms with van der Waals surface area (Å²) in [6, 6.07) is 7.47. The smallest absolute Gasteiger partial charge is 0.227 e. The Balaban J connectivity index is 1.95. The van der Waals surface area contributed by atoms with E-state index in [1.165, 1.54) is 0 Å². The average Bonchev–Trinajstić information content (AvgIpc) is 3.03. The molecule has 8 nitrogen and oxygen atoms in total. The average molecular weight is 369 g/mol. The van der Waals surface area contributed by atoms with E-state index in [4.69, 9.17) is 5.73 Å². The van der Waals surface area contributed by atoms with E-state index in [-0.39, 0.29) is 6.04 Å². The number of benzene rings is 1. The van der Waals surface area contributed by atoms with Crippen LogP contribution in [0.15, 0.2) is 30.6 Å². The van der Waals surface area contributed by atoms with Crippen molar-refractivity contribution in [3.8, 4) is 0 Å². The molecule has 0 saturated carbocycles. The van der Waals surface area contributed by atoms with Crippen LogP contribution in [0.2, 0.25) is 0 Å². The van der Waals surface area contributed by atoms with Gasteiger partial charge < -0.3 is 26.0 Å². The number of para-hydroxylation sites is 1. The van der Waals surface area contributed by atoms with Gasteiger partial charge in [-0.15, -0.1) is 0 Å². The van der Waals surface area contributed by atoms with Crippen LogP contribution in [0.1, 0.15) is 33.3 Å². The minimum absolute atomic E-state index is 0.231. The molecule has 0 fully saturated rings. The van der Waals surface area contributed by atoms with Gasteiger partial charge in [0.15, 0.2) is 17.0 Å². The van der Waals surface area contributed by atoms with Crippen LogP contribution in [0, 0.1) is 0 Å². The molecule has 27 heavy (non-hydrogen) atoms. The summed E-state index contributed by atoms with van der Waals surface area (Å²) in [5.41, 5.74) is 8.28. The highest BCUT2D eigenvalue weighted by atomic mass is 16.3. The Morgan fingerprint density at radius 3 is 2.67 bits per heavy atom. The lowest BCUT2D eigenvalue weighted by atomic mass is 10.0. The largest absolute Gasteiger partial charge is 0.398 e. The highest BCUT2D eigenvalue weighted by molar-refractivity contribution is 5.84. The molecule has 2 aromatic heterocycles. The fourth-order valence-electron chi connectivity index (χ4n) is 2.61. The minimum atomic E-state index is -0.907. The second-order valence-electron chi connectivity index (χ2n) is 7.17. The third-order valence-corrected chi connectivity index (χ3v) is 4.71. The number of hydrogen-bond acceptors (Lipinski definition) is 7. The molecule has 144 valence electrons. The number of hydrogen-bond donors (Lipinski definition) is 4. The molecule has 0 aliphatic heterocycles. The number of nitrogens with zero attached hydrogens (tertiary/aromatic N) is 4. The number of aromatic nitrogens is 4. The summed E-state index contributed by atoms with van der Waals surface area (Å²) in [7, 11) is 0. The zero-order chi connectivity index (χ0) is 19.6. The zero-order valence-corrected chi connectivity index (χ0v) is 16.2. The van der Waals surface area contributed by atoms with Gasteiger partial charge in [0, 0.05) is 18.8 Å². The first-order chi connectivity index (χ1) is 12.8. The second-order valence-corrected chi connectivity index (χ2v) is 7.17. The van der Waals surface area contributed by atoms with E-state index in [9.17, 15) is 5.11 Å². The van der Waals surface area contributed by atoms with E-state index in [0.29, 0.717) is 23.8 Å². The van der Waals surface area contributed by atoms with E-state index in [1.807, 2.05) is 42.7 Å². The number of nitrogens with one attached hydrogen (secondary N) is 2. The number of nitrogens with two attached hydrogens (primary N) is 1. The molecule has 0 bridgehead atoms. The quantitative estimate of drug-likeness (QED) is 0.473. The first-order valence-corrected chi connectivity index (χ1v) is 9.08. The molecule has 1 atom stereocenters. The van der Waals surface area contributed by atoms with Crippen molar-refractivity contribution in [1.29, 1.82) is 0 Å². The van der Waals surface area contributed by atoms with Crippen LogP contribution in [0.4, 0.5) is 17.5 Å². The third-order valence-electron chi connectivity index (χ3n) is 4.71. The van der Waals surface area contributed by atoms with Crippen LogP contribution in [0.25, 0.3) is 11.2 Å². The summed E-state index contributed by atoms with van der Waals surface area (Å²) in [6.45, 7) is 8.70. The van der Waals surface area contributed by atoms with Crippen LogP contribution in [-0.4, -0.2) is 36.3 Å². The van der Waals surface area contributed by atoms with Crippen molar-refractivity contribution in [2.24, 2.45) is 0 Å². The minimum Gasteiger partial charge on any atom is -0.398 e. The highest BCUT2D eigenvalue weighted by Crippen LogP contribution is 2.23. The maximum absolute atomic E-state index is 10.2. The lowest BCUT2D eigenvalue weighted by molar-refractivity contribution is 0.0646. The normalized spacial score (nSPS) is 12.9. The predicted octanol–water partition coefficient (Wildman–Crippen LogP) is 2.61. The first kappa shape index (κ1) is 18.9. The molecule has 1 unspecified atom stereocenters. The lowest BCUT2D eigenvalue weighted by Gasteiger charge is -2.26. The Morgan fingerprint density at radius 1 is 1.26 bits per heavy atom. The van der Waals surface area contributed by atoms with E-state index >= 15 is 0 Å². The molecular formula is C19H27N7O. The van der Waals surface area contributed by atoms with Gasteiger partial charge in [-0.05, 0) is 39.3 Å². The molecule has 0 aliphatic carbocycles. The molecule has 0 saturated heterocycles. The van der Waals surface area contributed by atoms with Gasteiger partial charge in [-0.1, -0.05) is 18.2 Å². The molecule has 0 amide bonds. The summed E-state index contributed by atoms with van der Waals surface area (Å²) < 4.78 is 1.96. The summed E-state index contributed by atoms with van der Waals surface area (Å²) in [5, 5.41) is 16.7. The Bertz CT molecular complexity index is 929. The van der Waals surface area contributed by atoms with Gasteiger partial charge in [0.2, 0.25) is 5.95 Å². The van der Waals surface area contributed by atoms with Gasteiger partial charge in [0.1, 0.15) is 0 Å². The van der Waals surface area contributed by atoms with Gasteiger partial charge in [0.25, 0.3) is 0 Å². The second kappa shape index (κ2) is 7.40. The molecule has 0 spiro atoms. The van der Waals surface area contributed by atoms with Crippen molar-refractivity contribution in [3.63, 3.8) is 0 Å². The molecular weight excluding hydrogens is 342 g/mol. The van der Waals surface area contributed by atoms with Crippen molar-refractivity contribution in [2.45, 2.75) is 52.4 Å². The fraction of sp³-hybridized carbons (Fsp3) is 0.421. The van der Waals surface area contributed by atoms with Crippen LogP contribution in [-0.2, 0) is 13.1 Å². The first-order valence-electron chi connectivity index (χ1n) is 9.08. The van der Waals surface area contributed by atoms with E-state index < -0.39 is 5.60 Å². The number of aliphatic hydroxyl groups is 1. The molecule has 1 aromatic carbocycles. The molecule has 5 N–H and O–H groups in total. The molecule has 0 aliphatic rings.